The second-order valence-corrected chi connectivity index (χ2v) is 9.85. The van der Waals surface area contributed by atoms with Gasteiger partial charge in [0.05, 0.1) is 18.4 Å². The Kier molecular flexibility index (Phi) is 3.58. The van der Waals surface area contributed by atoms with Crippen molar-refractivity contribution in [2.24, 2.45) is 22.2 Å². The van der Waals surface area contributed by atoms with Crippen molar-refractivity contribution in [1.29, 1.82) is 0 Å². The van der Waals surface area contributed by atoms with Crippen LogP contribution in [0.4, 0.5) is 0 Å². The van der Waals surface area contributed by atoms with Gasteiger partial charge in [-0.3, -0.25) is 14.4 Å². The van der Waals surface area contributed by atoms with Crippen molar-refractivity contribution in [3.05, 3.63) is 34.4 Å². The summed E-state index contributed by atoms with van der Waals surface area (Å²) in [4.78, 5) is 38.2. The fourth-order valence-corrected chi connectivity index (χ4v) is 7.16. The number of esters is 1. The van der Waals surface area contributed by atoms with Gasteiger partial charge in [0.2, 0.25) is 0 Å². The van der Waals surface area contributed by atoms with Crippen LogP contribution in [-0.2, 0) is 19.1 Å². The average Bonchev–Trinajstić information content (AvgIpc) is 3.11. The summed E-state index contributed by atoms with van der Waals surface area (Å²) >= 11 is 0. The van der Waals surface area contributed by atoms with Crippen LogP contribution in [0.15, 0.2) is 34.4 Å². The van der Waals surface area contributed by atoms with Crippen molar-refractivity contribution in [2.75, 3.05) is 7.11 Å². The summed E-state index contributed by atoms with van der Waals surface area (Å²) in [5.74, 6) is -0.125. The predicted octanol–water partition coefficient (Wildman–Crippen LogP) is 4.25. The van der Waals surface area contributed by atoms with Crippen LogP contribution in [-0.4, -0.2) is 24.6 Å². The number of ether oxygens (including phenoxy) is 1. The van der Waals surface area contributed by atoms with Gasteiger partial charge in [0.1, 0.15) is 5.78 Å². The molecule has 5 aliphatic rings. The SMILES string of the molecule is COC(=O)[C@@H]1CC2=CC(=O)CCC2(C)C2=C1C1=CCC3(C)CCC(=O)[C@@]13CC2. The van der Waals surface area contributed by atoms with Gasteiger partial charge in [-0.05, 0) is 61.2 Å². The lowest BCUT2D eigenvalue weighted by Gasteiger charge is -2.52. The number of methoxy groups -OCH3 is 1. The Hall–Kier alpha value is -1.97. The molecule has 1 spiro atoms. The molecule has 5 rings (SSSR count). The molecule has 4 nitrogen and oxygen atoms in total. The second-order valence-electron chi connectivity index (χ2n) is 9.85. The van der Waals surface area contributed by atoms with Crippen molar-refractivity contribution >= 4 is 17.5 Å². The van der Waals surface area contributed by atoms with Gasteiger partial charge in [-0.15, -0.1) is 0 Å². The van der Waals surface area contributed by atoms with E-state index in [-0.39, 0.29) is 22.6 Å². The van der Waals surface area contributed by atoms with Gasteiger partial charge < -0.3 is 4.74 Å². The molecule has 4 atom stereocenters. The van der Waals surface area contributed by atoms with Crippen LogP contribution in [0, 0.1) is 22.2 Å². The molecule has 0 bridgehead atoms. The Morgan fingerprint density at radius 3 is 2.64 bits per heavy atom. The quantitative estimate of drug-likeness (QED) is 0.638. The number of fused-ring (bicyclic) bond motifs is 3. The van der Waals surface area contributed by atoms with Crippen LogP contribution in [0.1, 0.15) is 65.2 Å². The fourth-order valence-electron chi connectivity index (χ4n) is 7.16. The molecule has 1 saturated carbocycles. The highest BCUT2D eigenvalue weighted by molar-refractivity contribution is 5.96. The molecule has 0 aliphatic heterocycles. The third-order valence-electron chi connectivity index (χ3n) is 8.83. The summed E-state index contributed by atoms with van der Waals surface area (Å²) in [6.45, 7) is 4.49. The molecule has 0 heterocycles. The highest BCUT2D eigenvalue weighted by atomic mass is 16.5. The van der Waals surface area contributed by atoms with Gasteiger partial charge in [0.15, 0.2) is 5.78 Å². The van der Waals surface area contributed by atoms with E-state index in [0.717, 1.165) is 48.8 Å². The lowest BCUT2D eigenvalue weighted by Crippen LogP contribution is -2.46. The first-order chi connectivity index (χ1) is 13.3. The van der Waals surface area contributed by atoms with E-state index < -0.39 is 11.3 Å². The molecule has 0 radical (unpaired) electrons. The first-order valence-corrected chi connectivity index (χ1v) is 10.6. The molecule has 0 N–H and O–H groups in total. The highest BCUT2D eigenvalue weighted by Gasteiger charge is 2.65. The Morgan fingerprint density at radius 1 is 1.11 bits per heavy atom. The number of carbonyl (C=O) groups is 3. The zero-order chi connectivity index (χ0) is 19.9. The lowest BCUT2D eigenvalue weighted by atomic mass is 9.50. The van der Waals surface area contributed by atoms with E-state index >= 15 is 0 Å². The molecule has 28 heavy (non-hydrogen) atoms. The standard InChI is InChI=1S/C24H28O4/c1-22-8-5-18-20-16(21(27)28-3)13-14-12-15(25)4-10-23(14,2)17(20)6-11-24(18,22)19(26)7-9-22/h5,12,16H,4,6-11,13H2,1-3H3/t16-,22?,23?,24-/m1/s1. The fraction of sp³-hybridized carbons (Fsp3) is 0.625. The molecule has 0 aromatic carbocycles. The number of hydrogen-bond acceptors (Lipinski definition) is 4. The monoisotopic (exact) mass is 380 g/mol. The molecule has 4 heteroatoms. The zero-order valence-corrected chi connectivity index (χ0v) is 17.0. The smallest absolute Gasteiger partial charge is 0.313 e. The van der Waals surface area contributed by atoms with Crippen LogP contribution >= 0.6 is 0 Å². The largest absolute Gasteiger partial charge is 0.469 e. The number of carbonyl (C=O) groups excluding carboxylic acids is 3. The molecule has 2 unspecified atom stereocenters. The van der Waals surface area contributed by atoms with Gasteiger partial charge in [0.25, 0.3) is 0 Å². The van der Waals surface area contributed by atoms with E-state index in [1.165, 1.54) is 12.7 Å². The summed E-state index contributed by atoms with van der Waals surface area (Å²) in [6.07, 6.45) is 10.1. The topological polar surface area (TPSA) is 60.4 Å². The molecule has 5 aliphatic carbocycles. The minimum atomic E-state index is -0.416. The Balaban J connectivity index is 1.74. The molecule has 0 aromatic heterocycles. The van der Waals surface area contributed by atoms with E-state index in [0.29, 0.717) is 25.0 Å². The molecular weight excluding hydrogens is 352 g/mol. The van der Waals surface area contributed by atoms with E-state index in [9.17, 15) is 14.4 Å². The van der Waals surface area contributed by atoms with Crippen LogP contribution in [0.3, 0.4) is 0 Å². The maximum atomic E-state index is 13.2. The first-order valence-electron chi connectivity index (χ1n) is 10.6. The van der Waals surface area contributed by atoms with Crippen molar-refractivity contribution in [2.45, 2.75) is 65.2 Å². The van der Waals surface area contributed by atoms with Crippen molar-refractivity contribution < 1.29 is 19.1 Å². The maximum absolute atomic E-state index is 13.2. The molecule has 0 saturated heterocycles. The van der Waals surface area contributed by atoms with Gasteiger partial charge >= 0.3 is 5.97 Å². The summed E-state index contributed by atoms with van der Waals surface area (Å²) < 4.78 is 5.19. The minimum absolute atomic E-state index is 0.0157. The number of hydrogen-bond donors (Lipinski definition) is 0. The third-order valence-corrected chi connectivity index (χ3v) is 8.83. The van der Waals surface area contributed by atoms with Crippen LogP contribution < -0.4 is 0 Å². The Bertz CT molecular complexity index is 919. The summed E-state index contributed by atoms with van der Waals surface area (Å²) in [7, 11) is 1.43. The van der Waals surface area contributed by atoms with Crippen LogP contribution in [0.5, 0.6) is 0 Å². The zero-order valence-electron chi connectivity index (χ0n) is 17.0. The highest BCUT2D eigenvalue weighted by Crippen LogP contribution is 2.70. The average molecular weight is 380 g/mol. The normalized spacial score (nSPS) is 41.6. The molecule has 0 amide bonds. The van der Waals surface area contributed by atoms with E-state index in [1.807, 2.05) is 0 Å². The lowest BCUT2D eigenvalue weighted by molar-refractivity contribution is -0.144. The Morgan fingerprint density at radius 2 is 1.89 bits per heavy atom. The van der Waals surface area contributed by atoms with Crippen molar-refractivity contribution in [3.8, 4) is 0 Å². The summed E-state index contributed by atoms with van der Waals surface area (Å²) in [5, 5.41) is 0. The molecule has 148 valence electrons. The van der Waals surface area contributed by atoms with Gasteiger partial charge in [-0.1, -0.05) is 31.1 Å². The number of allylic oxidation sites excluding steroid dienone is 5. The van der Waals surface area contributed by atoms with Gasteiger partial charge in [0, 0.05) is 18.3 Å². The molecule has 1 fully saturated rings. The maximum Gasteiger partial charge on any atom is 0.313 e. The van der Waals surface area contributed by atoms with E-state index in [2.05, 4.69) is 19.9 Å². The van der Waals surface area contributed by atoms with Crippen LogP contribution in [0.25, 0.3) is 0 Å². The number of rotatable bonds is 1. The molecular formula is C24H28O4. The summed E-state index contributed by atoms with van der Waals surface area (Å²) in [5.41, 5.74) is 3.98. The number of ketones is 2. The van der Waals surface area contributed by atoms with Crippen molar-refractivity contribution in [3.63, 3.8) is 0 Å². The van der Waals surface area contributed by atoms with E-state index in [1.54, 1.807) is 6.08 Å². The van der Waals surface area contributed by atoms with Crippen LogP contribution in [0.2, 0.25) is 0 Å². The van der Waals surface area contributed by atoms with E-state index in [4.69, 9.17) is 4.74 Å². The summed E-state index contributed by atoms with van der Waals surface area (Å²) in [6, 6.07) is 0. The minimum Gasteiger partial charge on any atom is -0.469 e. The van der Waals surface area contributed by atoms with Crippen molar-refractivity contribution in [1.82, 2.24) is 0 Å². The molecule has 0 aromatic rings. The second kappa shape index (κ2) is 5.55. The first kappa shape index (κ1) is 18.1. The van der Waals surface area contributed by atoms with Gasteiger partial charge in [-0.2, -0.15) is 0 Å². The number of Topliss-reactive ketones (excluding diaryl/α,β-unsaturated/α-hetero) is 1. The third kappa shape index (κ3) is 1.94. The predicted molar refractivity (Wildman–Crippen MR) is 104 cm³/mol. The Labute approximate surface area is 166 Å². The van der Waals surface area contributed by atoms with Gasteiger partial charge in [-0.25, -0.2) is 0 Å².